The summed E-state index contributed by atoms with van der Waals surface area (Å²) in [4.78, 5) is 34.9. The highest BCUT2D eigenvalue weighted by Crippen LogP contribution is 2.12. The lowest BCUT2D eigenvalue weighted by molar-refractivity contribution is -0.123. The Morgan fingerprint density at radius 1 is 1.30 bits per heavy atom. The van der Waals surface area contributed by atoms with Crippen LogP contribution >= 0.6 is 0 Å². The van der Waals surface area contributed by atoms with E-state index in [9.17, 15) is 14.4 Å². The Hall–Kier alpha value is -3.62. The number of hydrogen-bond donors (Lipinski definition) is 3. The van der Waals surface area contributed by atoms with Crippen LogP contribution in [0.25, 0.3) is 6.08 Å². The van der Waals surface area contributed by atoms with Crippen LogP contribution in [0.1, 0.15) is 12.5 Å². The van der Waals surface area contributed by atoms with E-state index >= 15 is 0 Å². The predicted molar refractivity (Wildman–Crippen MR) is 99.7 cm³/mol. The number of anilines is 1. The van der Waals surface area contributed by atoms with Gasteiger partial charge in [-0.3, -0.25) is 19.1 Å². The van der Waals surface area contributed by atoms with Gasteiger partial charge in [-0.2, -0.15) is 5.10 Å². The van der Waals surface area contributed by atoms with E-state index in [2.05, 4.69) is 15.7 Å². The van der Waals surface area contributed by atoms with E-state index in [0.29, 0.717) is 5.69 Å². The van der Waals surface area contributed by atoms with Crippen molar-refractivity contribution in [1.82, 2.24) is 15.1 Å². The third kappa shape index (κ3) is 6.31. The number of benzene rings is 1. The first kappa shape index (κ1) is 19.7. The first-order chi connectivity index (χ1) is 12.9. The van der Waals surface area contributed by atoms with E-state index in [-0.39, 0.29) is 6.54 Å². The number of aromatic nitrogens is 2. The molecular formula is C18H21N5O4. The first-order valence-corrected chi connectivity index (χ1v) is 8.11. The average molecular weight is 371 g/mol. The van der Waals surface area contributed by atoms with Crippen LogP contribution in [-0.2, 0) is 20.9 Å². The molecule has 142 valence electrons. The fourth-order valence-electron chi connectivity index (χ4n) is 2.14. The van der Waals surface area contributed by atoms with Gasteiger partial charge in [-0.25, -0.2) is 0 Å². The Balaban J connectivity index is 1.85. The summed E-state index contributed by atoms with van der Waals surface area (Å²) in [7, 11) is 1.58. The summed E-state index contributed by atoms with van der Waals surface area (Å²) < 4.78 is 6.37. The lowest BCUT2D eigenvalue weighted by atomic mass is 10.2. The van der Waals surface area contributed by atoms with Crippen molar-refractivity contribution in [3.8, 4) is 5.75 Å². The van der Waals surface area contributed by atoms with E-state index < -0.39 is 23.8 Å². The van der Waals surface area contributed by atoms with E-state index in [1.165, 1.54) is 23.2 Å². The van der Waals surface area contributed by atoms with E-state index in [4.69, 9.17) is 10.5 Å². The highest BCUT2D eigenvalue weighted by atomic mass is 16.5. The minimum absolute atomic E-state index is 0.0850. The fraction of sp³-hybridized carbons (Fsp3) is 0.222. The van der Waals surface area contributed by atoms with Crippen LogP contribution in [0.2, 0.25) is 0 Å². The number of nitrogens with zero attached hydrogens (tertiary/aromatic N) is 2. The predicted octanol–water partition coefficient (Wildman–Crippen LogP) is 0.534. The van der Waals surface area contributed by atoms with E-state index in [1.807, 2.05) is 12.1 Å². The zero-order valence-corrected chi connectivity index (χ0v) is 15.0. The van der Waals surface area contributed by atoms with E-state index in [0.717, 1.165) is 11.3 Å². The number of primary amides is 1. The minimum atomic E-state index is -0.766. The van der Waals surface area contributed by atoms with Gasteiger partial charge >= 0.3 is 0 Å². The lowest BCUT2D eigenvalue weighted by Crippen LogP contribution is -2.40. The van der Waals surface area contributed by atoms with Crippen molar-refractivity contribution in [2.45, 2.75) is 19.5 Å². The molecule has 0 radical (unpaired) electrons. The number of nitrogens with one attached hydrogen (secondary N) is 2. The second-order valence-corrected chi connectivity index (χ2v) is 5.72. The Bertz CT molecular complexity index is 842. The van der Waals surface area contributed by atoms with Gasteiger partial charge in [0.25, 0.3) is 0 Å². The monoisotopic (exact) mass is 371 g/mol. The van der Waals surface area contributed by atoms with Crippen LogP contribution < -0.4 is 21.1 Å². The fourth-order valence-corrected chi connectivity index (χ4v) is 2.14. The molecule has 0 bridgehead atoms. The summed E-state index contributed by atoms with van der Waals surface area (Å²) >= 11 is 0. The molecule has 0 aliphatic carbocycles. The summed E-state index contributed by atoms with van der Waals surface area (Å²) in [5.74, 6) is -0.640. The number of nitrogens with two attached hydrogens (primary N) is 1. The molecule has 1 heterocycles. The van der Waals surface area contributed by atoms with Crippen LogP contribution in [0.5, 0.6) is 5.75 Å². The molecular weight excluding hydrogens is 350 g/mol. The highest BCUT2D eigenvalue weighted by Gasteiger charge is 2.15. The van der Waals surface area contributed by atoms with Crippen LogP contribution in [-0.4, -0.2) is 40.7 Å². The highest BCUT2D eigenvalue weighted by molar-refractivity contribution is 5.99. The number of carbonyl (C=O) groups excluding carboxylic acids is 3. The summed E-state index contributed by atoms with van der Waals surface area (Å²) in [6, 6.07) is 6.42. The van der Waals surface area contributed by atoms with Gasteiger partial charge in [-0.05, 0) is 30.7 Å². The SMILES string of the molecule is COc1ccc(/C=C/C(=O)NC(C)C(=O)Nc2cnn(CC(N)=O)c2)cc1. The molecule has 2 aromatic rings. The van der Waals surface area contributed by atoms with Crippen LogP contribution in [0.4, 0.5) is 5.69 Å². The van der Waals surface area contributed by atoms with Gasteiger partial charge in [0.05, 0.1) is 19.0 Å². The number of amides is 3. The maximum atomic E-state index is 12.1. The van der Waals surface area contributed by atoms with Crippen molar-refractivity contribution in [2.24, 2.45) is 5.73 Å². The molecule has 4 N–H and O–H groups in total. The van der Waals surface area contributed by atoms with Crippen molar-refractivity contribution in [1.29, 1.82) is 0 Å². The first-order valence-electron chi connectivity index (χ1n) is 8.11. The molecule has 1 aromatic heterocycles. The molecule has 0 saturated carbocycles. The van der Waals surface area contributed by atoms with Crippen molar-refractivity contribution >= 4 is 29.5 Å². The molecule has 0 aliphatic rings. The molecule has 2 rings (SSSR count). The average Bonchev–Trinajstić information content (AvgIpc) is 3.06. The molecule has 0 aliphatic heterocycles. The molecule has 1 aromatic carbocycles. The van der Waals surface area contributed by atoms with E-state index in [1.54, 1.807) is 32.2 Å². The number of hydrogen-bond acceptors (Lipinski definition) is 5. The Morgan fingerprint density at radius 3 is 2.63 bits per heavy atom. The Kier molecular flexibility index (Phi) is 6.70. The Morgan fingerprint density at radius 2 is 2.00 bits per heavy atom. The summed E-state index contributed by atoms with van der Waals surface area (Å²) in [5.41, 5.74) is 6.30. The summed E-state index contributed by atoms with van der Waals surface area (Å²) in [5, 5.41) is 9.07. The lowest BCUT2D eigenvalue weighted by Gasteiger charge is -2.11. The second kappa shape index (κ2) is 9.18. The van der Waals surface area contributed by atoms with Crippen molar-refractivity contribution in [3.05, 3.63) is 48.3 Å². The largest absolute Gasteiger partial charge is 0.497 e. The zero-order valence-electron chi connectivity index (χ0n) is 15.0. The second-order valence-electron chi connectivity index (χ2n) is 5.72. The molecule has 1 atom stereocenters. The topological polar surface area (TPSA) is 128 Å². The molecule has 0 saturated heterocycles. The van der Waals surface area contributed by atoms with Gasteiger partial charge < -0.3 is 21.1 Å². The zero-order chi connectivity index (χ0) is 19.8. The quantitative estimate of drug-likeness (QED) is 0.583. The number of carbonyl (C=O) groups is 3. The normalized spacial score (nSPS) is 11.8. The van der Waals surface area contributed by atoms with Gasteiger partial charge in [-0.1, -0.05) is 12.1 Å². The summed E-state index contributed by atoms with van der Waals surface area (Å²) in [6.07, 6.45) is 5.84. The molecule has 27 heavy (non-hydrogen) atoms. The number of rotatable bonds is 8. The van der Waals surface area contributed by atoms with Crippen molar-refractivity contribution < 1.29 is 19.1 Å². The van der Waals surface area contributed by atoms with Gasteiger partial charge in [0.15, 0.2) is 0 Å². The van der Waals surface area contributed by atoms with Gasteiger partial charge in [0.1, 0.15) is 18.3 Å². The van der Waals surface area contributed by atoms with Crippen LogP contribution in [0, 0.1) is 0 Å². The molecule has 9 nitrogen and oxygen atoms in total. The third-order valence-electron chi connectivity index (χ3n) is 3.51. The molecule has 9 heteroatoms. The van der Waals surface area contributed by atoms with Gasteiger partial charge in [0.2, 0.25) is 17.7 Å². The molecule has 0 fully saturated rings. The van der Waals surface area contributed by atoms with Gasteiger partial charge in [-0.15, -0.1) is 0 Å². The molecule has 3 amide bonds. The third-order valence-corrected chi connectivity index (χ3v) is 3.51. The summed E-state index contributed by atoms with van der Waals surface area (Å²) in [6.45, 7) is 1.47. The standard InChI is InChI=1S/C18H21N5O4/c1-12(18(26)22-14-9-20-23(10-14)11-16(19)24)21-17(25)8-5-13-3-6-15(27-2)7-4-13/h3-10,12H,11H2,1-2H3,(H2,19,24)(H,21,25)(H,22,26)/b8-5+. The molecule has 1 unspecified atom stereocenters. The van der Waals surface area contributed by atoms with Crippen LogP contribution in [0.15, 0.2) is 42.7 Å². The van der Waals surface area contributed by atoms with Gasteiger partial charge in [0, 0.05) is 12.3 Å². The molecule has 0 spiro atoms. The Labute approximate surface area is 156 Å². The smallest absolute Gasteiger partial charge is 0.246 e. The maximum Gasteiger partial charge on any atom is 0.246 e. The number of ether oxygens (including phenoxy) is 1. The number of methoxy groups -OCH3 is 1. The maximum absolute atomic E-state index is 12.1. The van der Waals surface area contributed by atoms with Crippen molar-refractivity contribution in [2.75, 3.05) is 12.4 Å². The van der Waals surface area contributed by atoms with Crippen LogP contribution in [0.3, 0.4) is 0 Å². The minimum Gasteiger partial charge on any atom is -0.497 e. The van der Waals surface area contributed by atoms with Crippen molar-refractivity contribution in [3.63, 3.8) is 0 Å².